The molecular weight excluding hydrogens is 254 g/mol. The first kappa shape index (κ1) is 15.3. The Morgan fingerprint density at radius 2 is 2.00 bits per heavy atom. The highest BCUT2D eigenvalue weighted by Crippen LogP contribution is 2.19. The molecule has 2 rings (SSSR count). The summed E-state index contributed by atoms with van der Waals surface area (Å²) >= 11 is 0. The molecule has 112 valence electrons. The quantitative estimate of drug-likeness (QED) is 0.851. The number of ether oxygens (including phenoxy) is 3. The van der Waals surface area contributed by atoms with Gasteiger partial charge in [0.2, 0.25) is 0 Å². The third-order valence-electron chi connectivity index (χ3n) is 3.48. The topological polar surface area (TPSA) is 30.9 Å². The van der Waals surface area contributed by atoms with Gasteiger partial charge in [-0.3, -0.25) is 4.90 Å². The Balaban J connectivity index is 1.84. The molecule has 0 N–H and O–H groups in total. The van der Waals surface area contributed by atoms with Crippen molar-refractivity contribution in [3.63, 3.8) is 0 Å². The second-order valence-corrected chi connectivity index (χ2v) is 6.20. The predicted molar refractivity (Wildman–Crippen MR) is 78.8 cm³/mol. The summed E-state index contributed by atoms with van der Waals surface area (Å²) < 4.78 is 17.4. The molecule has 1 fully saturated rings. The van der Waals surface area contributed by atoms with Gasteiger partial charge in [0.1, 0.15) is 31.9 Å². The second-order valence-electron chi connectivity index (χ2n) is 6.20. The largest absolute Gasteiger partial charge is 0.491 e. The van der Waals surface area contributed by atoms with Crippen LogP contribution < -0.4 is 4.74 Å². The van der Waals surface area contributed by atoms with Crippen molar-refractivity contribution in [3.05, 3.63) is 29.8 Å². The summed E-state index contributed by atoms with van der Waals surface area (Å²) in [5, 5.41) is 0. The maximum absolute atomic E-state index is 5.88. The standard InChI is InChI=1S/C16H25NO3/c1-13-7-5-6-8-15(13)19-10-14-9-18-11-17(12-20-14)16(2,3)4/h5-8,14H,9-12H2,1-4H3/t14-/m1/s1. The lowest BCUT2D eigenvalue weighted by Crippen LogP contribution is -2.43. The van der Waals surface area contributed by atoms with Crippen LogP contribution in [0.3, 0.4) is 0 Å². The van der Waals surface area contributed by atoms with E-state index in [2.05, 4.69) is 25.7 Å². The zero-order chi connectivity index (χ0) is 14.6. The molecule has 0 saturated carbocycles. The number of hydrogen-bond donors (Lipinski definition) is 0. The van der Waals surface area contributed by atoms with Crippen molar-refractivity contribution in [2.75, 3.05) is 26.7 Å². The first-order valence-corrected chi connectivity index (χ1v) is 7.09. The smallest absolute Gasteiger partial charge is 0.122 e. The molecule has 1 aromatic rings. The fourth-order valence-electron chi connectivity index (χ4n) is 1.96. The number of nitrogens with zero attached hydrogens (tertiary/aromatic N) is 1. The molecule has 20 heavy (non-hydrogen) atoms. The predicted octanol–water partition coefficient (Wildman–Crippen LogP) is 2.80. The van der Waals surface area contributed by atoms with Gasteiger partial charge < -0.3 is 14.2 Å². The molecule has 0 aliphatic carbocycles. The first-order chi connectivity index (χ1) is 9.47. The van der Waals surface area contributed by atoms with Crippen molar-refractivity contribution < 1.29 is 14.2 Å². The van der Waals surface area contributed by atoms with Gasteiger partial charge in [-0.2, -0.15) is 0 Å². The van der Waals surface area contributed by atoms with Gasteiger partial charge in [0.05, 0.1) is 6.61 Å². The van der Waals surface area contributed by atoms with Crippen molar-refractivity contribution in [1.82, 2.24) is 4.90 Å². The van der Waals surface area contributed by atoms with Crippen LogP contribution in [0, 0.1) is 6.92 Å². The zero-order valence-corrected chi connectivity index (χ0v) is 12.9. The van der Waals surface area contributed by atoms with E-state index in [1.165, 1.54) is 0 Å². The molecule has 1 aliphatic heterocycles. The van der Waals surface area contributed by atoms with E-state index in [0.717, 1.165) is 11.3 Å². The van der Waals surface area contributed by atoms with E-state index in [4.69, 9.17) is 14.2 Å². The van der Waals surface area contributed by atoms with Gasteiger partial charge in [-0.15, -0.1) is 0 Å². The summed E-state index contributed by atoms with van der Waals surface area (Å²) in [6.45, 7) is 10.8. The number of hydrogen-bond acceptors (Lipinski definition) is 4. The maximum Gasteiger partial charge on any atom is 0.122 e. The highest BCUT2D eigenvalue weighted by atomic mass is 16.6. The van der Waals surface area contributed by atoms with E-state index in [1.807, 2.05) is 31.2 Å². The van der Waals surface area contributed by atoms with Crippen molar-refractivity contribution in [2.24, 2.45) is 0 Å². The highest BCUT2D eigenvalue weighted by molar-refractivity contribution is 5.31. The summed E-state index contributed by atoms with van der Waals surface area (Å²) in [5.41, 5.74) is 1.18. The average molecular weight is 279 g/mol. The molecule has 0 spiro atoms. The average Bonchev–Trinajstić information content (AvgIpc) is 2.63. The summed E-state index contributed by atoms with van der Waals surface area (Å²) in [4.78, 5) is 2.17. The number of para-hydroxylation sites is 1. The SMILES string of the molecule is Cc1ccccc1OC[C@H]1COCN(C(C)(C)C)CO1. The van der Waals surface area contributed by atoms with E-state index in [0.29, 0.717) is 26.7 Å². The van der Waals surface area contributed by atoms with Crippen LogP contribution in [0.4, 0.5) is 0 Å². The van der Waals surface area contributed by atoms with Crippen LogP contribution in [0.1, 0.15) is 26.3 Å². The molecule has 0 radical (unpaired) electrons. The van der Waals surface area contributed by atoms with E-state index < -0.39 is 0 Å². The Morgan fingerprint density at radius 1 is 1.25 bits per heavy atom. The minimum absolute atomic E-state index is 0.0260. The van der Waals surface area contributed by atoms with E-state index in [-0.39, 0.29) is 11.6 Å². The van der Waals surface area contributed by atoms with Crippen molar-refractivity contribution in [3.8, 4) is 5.75 Å². The Bertz CT molecular complexity index is 428. The minimum Gasteiger partial charge on any atom is -0.491 e. The van der Waals surface area contributed by atoms with Gasteiger partial charge in [-0.25, -0.2) is 0 Å². The van der Waals surface area contributed by atoms with E-state index >= 15 is 0 Å². The minimum atomic E-state index is -0.0260. The summed E-state index contributed by atoms with van der Waals surface area (Å²) in [6, 6.07) is 8.01. The van der Waals surface area contributed by atoms with E-state index in [1.54, 1.807) is 0 Å². The molecule has 1 atom stereocenters. The molecule has 0 aromatic heterocycles. The number of benzene rings is 1. The Morgan fingerprint density at radius 3 is 2.70 bits per heavy atom. The highest BCUT2D eigenvalue weighted by Gasteiger charge is 2.26. The molecule has 4 nitrogen and oxygen atoms in total. The molecular formula is C16H25NO3. The van der Waals surface area contributed by atoms with Crippen LogP contribution in [0.25, 0.3) is 0 Å². The maximum atomic E-state index is 5.88. The Hall–Kier alpha value is -1.10. The van der Waals surface area contributed by atoms with Crippen LogP contribution in [-0.2, 0) is 9.47 Å². The first-order valence-electron chi connectivity index (χ1n) is 7.09. The molecule has 1 aliphatic rings. The van der Waals surface area contributed by atoms with Gasteiger partial charge in [0, 0.05) is 5.54 Å². The summed E-state index contributed by atoms with van der Waals surface area (Å²) in [5.74, 6) is 0.910. The molecule has 0 amide bonds. The van der Waals surface area contributed by atoms with E-state index in [9.17, 15) is 0 Å². The van der Waals surface area contributed by atoms with Crippen LogP contribution in [0.5, 0.6) is 5.75 Å². The van der Waals surface area contributed by atoms with Crippen molar-refractivity contribution >= 4 is 0 Å². The molecule has 0 bridgehead atoms. The number of rotatable bonds is 3. The molecule has 1 heterocycles. The van der Waals surface area contributed by atoms with Gasteiger partial charge in [-0.05, 0) is 39.3 Å². The molecule has 0 unspecified atom stereocenters. The van der Waals surface area contributed by atoms with Gasteiger partial charge in [0.15, 0.2) is 0 Å². The molecule has 4 heteroatoms. The third kappa shape index (κ3) is 4.20. The monoisotopic (exact) mass is 279 g/mol. The van der Waals surface area contributed by atoms with Crippen molar-refractivity contribution in [1.29, 1.82) is 0 Å². The zero-order valence-electron chi connectivity index (χ0n) is 12.9. The lowest BCUT2D eigenvalue weighted by atomic mass is 10.1. The second kappa shape index (κ2) is 6.57. The van der Waals surface area contributed by atoms with Gasteiger partial charge in [-0.1, -0.05) is 18.2 Å². The number of aryl methyl sites for hydroxylation is 1. The lowest BCUT2D eigenvalue weighted by molar-refractivity contribution is -0.0500. The van der Waals surface area contributed by atoms with Gasteiger partial charge >= 0.3 is 0 Å². The fourth-order valence-corrected chi connectivity index (χ4v) is 1.96. The third-order valence-corrected chi connectivity index (χ3v) is 3.48. The lowest BCUT2D eigenvalue weighted by Gasteiger charge is -2.33. The van der Waals surface area contributed by atoms with Crippen LogP contribution in [0.2, 0.25) is 0 Å². The summed E-state index contributed by atoms with van der Waals surface area (Å²) in [7, 11) is 0. The van der Waals surface area contributed by atoms with Gasteiger partial charge in [0.25, 0.3) is 0 Å². The Labute approximate surface area is 121 Å². The Kier molecular flexibility index (Phi) is 5.02. The summed E-state index contributed by atoms with van der Waals surface area (Å²) in [6.07, 6.45) is -0.0260. The van der Waals surface area contributed by atoms with Crippen molar-refractivity contribution in [2.45, 2.75) is 39.3 Å². The molecule has 1 aromatic carbocycles. The molecule has 1 saturated heterocycles. The van der Waals surface area contributed by atoms with Crippen LogP contribution in [-0.4, -0.2) is 43.2 Å². The fraction of sp³-hybridized carbons (Fsp3) is 0.625. The normalized spacial score (nSPS) is 21.5. The van der Waals surface area contributed by atoms with Crippen LogP contribution in [0.15, 0.2) is 24.3 Å². The van der Waals surface area contributed by atoms with Crippen LogP contribution >= 0.6 is 0 Å².